The Kier molecular flexibility index (Phi) is 4.93. The molecule has 0 aliphatic carbocycles. The van der Waals surface area contributed by atoms with Crippen LogP contribution in [0.3, 0.4) is 0 Å². The van der Waals surface area contributed by atoms with E-state index in [1.165, 1.54) is 11.1 Å². The normalized spacial score (nSPS) is 12.6. The summed E-state index contributed by atoms with van der Waals surface area (Å²) >= 11 is 0. The van der Waals surface area contributed by atoms with Crippen molar-refractivity contribution in [1.82, 2.24) is 10.5 Å². The van der Waals surface area contributed by atoms with Crippen molar-refractivity contribution in [1.29, 1.82) is 0 Å². The second kappa shape index (κ2) is 6.68. The molecule has 4 nitrogen and oxygen atoms in total. The number of aryl methyl sites for hydroxylation is 2. The van der Waals surface area contributed by atoms with Crippen molar-refractivity contribution in [3.63, 3.8) is 0 Å². The molecule has 0 radical (unpaired) electrons. The second-order valence-corrected chi connectivity index (χ2v) is 5.09. The Bertz CT molecular complexity index is 527. The van der Waals surface area contributed by atoms with Crippen molar-refractivity contribution in [3.05, 3.63) is 52.4 Å². The lowest BCUT2D eigenvalue weighted by Gasteiger charge is -2.14. The summed E-state index contributed by atoms with van der Waals surface area (Å²) in [5.41, 5.74) is 4.55. The Morgan fingerprint density at radius 3 is 2.40 bits per heavy atom. The molecule has 2 aromatic rings. The van der Waals surface area contributed by atoms with Gasteiger partial charge in [-0.3, -0.25) is 0 Å². The summed E-state index contributed by atoms with van der Waals surface area (Å²) in [5.74, 6) is 0.887. The minimum Gasteiger partial charge on any atom is -0.380 e. The van der Waals surface area contributed by atoms with Gasteiger partial charge in [-0.25, -0.2) is 0 Å². The zero-order valence-corrected chi connectivity index (χ0v) is 12.6. The molecule has 1 aromatic carbocycles. The Labute approximate surface area is 120 Å². The summed E-state index contributed by atoms with van der Waals surface area (Å²) in [6.45, 7) is 7.53. The summed E-state index contributed by atoms with van der Waals surface area (Å²) in [6, 6.07) is 8.67. The van der Waals surface area contributed by atoms with E-state index >= 15 is 0 Å². The lowest BCUT2D eigenvalue weighted by Crippen LogP contribution is -2.19. The van der Waals surface area contributed by atoms with Crippen LogP contribution in [0.25, 0.3) is 0 Å². The molecule has 0 aliphatic heterocycles. The van der Waals surface area contributed by atoms with Crippen LogP contribution in [0.5, 0.6) is 0 Å². The molecule has 1 aromatic heterocycles. The first-order valence-corrected chi connectivity index (χ1v) is 6.84. The molecule has 0 saturated carbocycles. The van der Waals surface area contributed by atoms with E-state index < -0.39 is 0 Å². The van der Waals surface area contributed by atoms with Gasteiger partial charge in [-0.1, -0.05) is 29.4 Å². The molecule has 0 bridgehead atoms. The van der Waals surface area contributed by atoms with Crippen molar-refractivity contribution < 1.29 is 9.26 Å². The fourth-order valence-corrected chi connectivity index (χ4v) is 2.40. The van der Waals surface area contributed by atoms with Crippen LogP contribution in [0.4, 0.5) is 0 Å². The lowest BCUT2D eigenvalue weighted by atomic mass is 10.1. The first kappa shape index (κ1) is 14.8. The van der Waals surface area contributed by atoms with E-state index in [1.54, 1.807) is 7.11 Å². The maximum Gasteiger partial charge on any atom is 0.138 e. The van der Waals surface area contributed by atoms with Gasteiger partial charge in [0.05, 0.1) is 12.3 Å². The Balaban J connectivity index is 1.95. The Hall–Kier alpha value is -1.65. The van der Waals surface area contributed by atoms with Gasteiger partial charge in [-0.2, -0.15) is 0 Å². The van der Waals surface area contributed by atoms with Gasteiger partial charge >= 0.3 is 0 Å². The second-order valence-electron chi connectivity index (χ2n) is 5.09. The Morgan fingerprint density at radius 2 is 1.85 bits per heavy atom. The van der Waals surface area contributed by atoms with Gasteiger partial charge in [0.15, 0.2) is 0 Å². The zero-order chi connectivity index (χ0) is 14.5. The summed E-state index contributed by atoms with van der Waals surface area (Å²) in [4.78, 5) is 0. The molecule has 1 unspecified atom stereocenters. The van der Waals surface area contributed by atoms with E-state index in [4.69, 9.17) is 9.26 Å². The minimum atomic E-state index is 0.222. The Morgan fingerprint density at radius 1 is 1.20 bits per heavy atom. The van der Waals surface area contributed by atoms with E-state index in [2.05, 4.69) is 41.7 Å². The average molecular weight is 274 g/mol. The van der Waals surface area contributed by atoms with Crippen molar-refractivity contribution in [3.8, 4) is 0 Å². The van der Waals surface area contributed by atoms with Crippen LogP contribution in [-0.2, 0) is 17.9 Å². The number of ether oxygens (including phenoxy) is 1. The predicted molar refractivity (Wildman–Crippen MR) is 78.4 cm³/mol. The molecule has 0 saturated heterocycles. The SMILES string of the molecule is COCc1ccc(CNC(C)c2c(C)noc2C)cc1. The third-order valence-corrected chi connectivity index (χ3v) is 3.47. The third kappa shape index (κ3) is 3.46. The highest BCUT2D eigenvalue weighted by Gasteiger charge is 2.15. The summed E-state index contributed by atoms with van der Waals surface area (Å²) < 4.78 is 10.3. The maximum atomic E-state index is 5.21. The standard InChI is InChI=1S/C16H22N2O2/c1-11(16-12(2)18-20-13(16)3)17-9-14-5-7-15(8-6-14)10-19-4/h5-8,11,17H,9-10H2,1-4H3. The molecular formula is C16H22N2O2. The fourth-order valence-electron chi connectivity index (χ4n) is 2.40. The smallest absolute Gasteiger partial charge is 0.138 e. The number of aromatic nitrogens is 1. The number of nitrogens with zero attached hydrogens (tertiary/aromatic N) is 1. The van der Waals surface area contributed by atoms with Crippen LogP contribution in [0.15, 0.2) is 28.8 Å². The highest BCUT2D eigenvalue weighted by Crippen LogP contribution is 2.21. The molecule has 2 rings (SSSR count). The van der Waals surface area contributed by atoms with E-state index in [0.717, 1.165) is 23.6 Å². The van der Waals surface area contributed by atoms with E-state index in [0.29, 0.717) is 6.61 Å². The first-order chi connectivity index (χ1) is 9.61. The van der Waals surface area contributed by atoms with Crippen molar-refractivity contribution in [2.75, 3.05) is 7.11 Å². The molecule has 0 amide bonds. The highest BCUT2D eigenvalue weighted by atomic mass is 16.5. The van der Waals surface area contributed by atoms with Gasteiger partial charge in [0.25, 0.3) is 0 Å². The molecular weight excluding hydrogens is 252 g/mol. The van der Waals surface area contributed by atoms with Gasteiger partial charge in [0.2, 0.25) is 0 Å². The fraction of sp³-hybridized carbons (Fsp3) is 0.438. The molecule has 0 fully saturated rings. The van der Waals surface area contributed by atoms with Gasteiger partial charge in [-0.15, -0.1) is 0 Å². The maximum absolute atomic E-state index is 5.21. The van der Waals surface area contributed by atoms with Crippen LogP contribution in [-0.4, -0.2) is 12.3 Å². The molecule has 1 atom stereocenters. The first-order valence-electron chi connectivity index (χ1n) is 6.84. The number of hydrogen-bond acceptors (Lipinski definition) is 4. The van der Waals surface area contributed by atoms with Crippen LogP contribution in [0.2, 0.25) is 0 Å². The van der Waals surface area contributed by atoms with Gasteiger partial charge in [0, 0.05) is 25.3 Å². The summed E-state index contributed by atoms with van der Waals surface area (Å²) in [5, 5.41) is 7.50. The third-order valence-electron chi connectivity index (χ3n) is 3.47. The van der Waals surface area contributed by atoms with Crippen LogP contribution >= 0.6 is 0 Å². The molecule has 4 heteroatoms. The van der Waals surface area contributed by atoms with E-state index in [9.17, 15) is 0 Å². The number of benzene rings is 1. The zero-order valence-electron chi connectivity index (χ0n) is 12.6. The lowest BCUT2D eigenvalue weighted by molar-refractivity contribution is 0.185. The van der Waals surface area contributed by atoms with Gasteiger partial charge < -0.3 is 14.6 Å². The minimum absolute atomic E-state index is 0.222. The van der Waals surface area contributed by atoms with Crippen LogP contribution < -0.4 is 5.32 Å². The summed E-state index contributed by atoms with van der Waals surface area (Å²) in [7, 11) is 1.71. The van der Waals surface area contributed by atoms with E-state index in [-0.39, 0.29) is 6.04 Å². The monoisotopic (exact) mass is 274 g/mol. The highest BCUT2D eigenvalue weighted by molar-refractivity contribution is 5.25. The number of nitrogens with one attached hydrogen (secondary N) is 1. The largest absolute Gasteiger partial charge is 0.380 e. The number of rotatable bonds is 6. The summed E-state index contributed by atoms with van der Waals surface area (Å²) in [6.07, 6.45) is 0. The number of hydrogen-bond donors (Lipinski definition) is 1. The molecule has 0 aliphatic rings. The molecule has 1 N–H and O–H groups in total. The van der Waals surface area contributed by atoms with Crippen LogP contribution in [0.1, 0.15) is 41.1 Å². The average Bonchev–Trinajstić information content (AvgIpc) is 2.77. The van der Waals surface area contributed by atoms with Gasteiger partial charge in [0.1, 0.15) is 5.76 Å². The molecule has 1 heterocycles. The number of methoxy groups -OCH3 is 1. The molecule has 108 valence electrons. The van der Waals surface area contributed by atoms with E-state index in [1.807, 2.05) is 13.8 Å². The van der Waals surface area contributed by atoms with Crippen molar-refractivity contribution >= 4 is 0 Å². The quantitative estimate of drug-likeness (QED) is 0.878. The van der Waals surface area contributed by atoms with Crippen molar-refractivity contribution in [2.24, 2.45) is 0 Å². The predicted octanol–water partition coefficient (Wildman–Crippen LogP) is 3.29. The molecule has 20 heavy (non-hydrogen) atoms. The van der Waals surface area contributed by atoms with Gasteiger partial charge in [-0.05, 0) is 31.9 Å². The topological polar surface area (TPSA) is 47.3 Å². The van der Waals surface area contributed by atoms with Crippen LogP contribution in [0, 0.1) is 13.8 Å². The van der Waals surface area contributed by atoms with Crippen molar-refractivity contribution in [2.45, 2.75) is 40.0 Å². The molecule has 0 spiro atoms.